The van der Waals surface area contributed by atoms with Crippen molar-refractivity contribution in [2.45, 2.75) is 32.6 Å². The van der Waals surface area contributed by atoms with Crippen LogP contribution in [0, 0.1) is 27.4 Å². The van der Waals surface area contributed by atoms with Crippen LogP contribution in [0.3, 0.4) is 0 Å². The van der Waals surface area contributed by atoms with E-state index in [-0.39, 0.29) is 22.9 Å². The molecule has 3 rings (SSSR count). The highest BCUT2D eigenvalue weighted by atomic mass is 16.6. The molecule has 0 bridgehead atoms. The number of fused-ring (bicyclic) bond motifs is 1. The average Bonchev–Trinajstić information content (AvgIpc) is 3.13. The molecule has 1 amide bonds. The van der Waals surface area contributed by atoms with Gasteiger partial charge in [-0.3, -0.25) is 14.9 Å². The molecule has 3 atom stereocenters. The maximum atomic E-state index is 12.2. The van der Waals surface area contributed by atoms with Crippen molar-refractivity contribution in [1.29, 1.82) is 0 Å². The number of nitrogens with one attached hydrogen (secondary N) is 1. The zero-order valence-corrected chi connectivity index (χ0v) is 12.5. The van der Waals surface area contributed by atoms with E-state index < -0.39 is 4.92 Å². The topological polar surface area (TPSA) is 84.6 Å². The predicted molar refractivity (Wildman–Crippen MR) is 82.4 cm³/mol. The van der Waals surface area contributed by atoms with Crippen LogP contribution in [-0.2, 0) is 4.79 Å². The molecule has 0 aliphatic heterocycles. The number of nitro benzene ring substituents is 1. The van der Waals surface area contributed by atoms with Crippen LogP contribution in [0.2, 0.25) is 0 Å². The van der Waals surface area contributed by atoms with Crippen LogP contribution in [0.25, 0.3) is 0 Å². The van der Waals surface area contributed by atoms with Gasteiger partial charge in [0.1, 0.15) is 0 Å². The Morgan fingerprint density at radius 3 is 2.73 bits per heavy atom. The lowest BCUT2D eigenvalue weighted by atomic mass is 9.90. The summed E-state index contributed by atoms with van der Waals surface area (Å²) in [4.78, 5) is 22.3. The fourth-order valence-electron chi connectivity index (χ4n) is 3.77. The molecule has 116 valence electrons. The molecule has 0 aromatic heterocycles. The number of nitro groups is 1. The predicted octanol–water partition coefficient (Wildman–Crippen LogP) is 2.87. The molecule has 2 aliphatic rings. The van der Waals surface area contributed by atoms with Crippen molar-refractivity contribution >= 4 is 17.8 Å². The number of carbonyl (C=O) groups excluding carboxylic acids is 1. The average molecular weight is 301 g/mol. The van der Waals surface area contributed by atoms with Crippen molar-refractivity contribution in [2.75, 3.05) is 0 Å². The molecule has 2 saturated carbocycles. The van der Waals surface area contributed by atoms with Gasteiger partial charge in [0.2, 0.25) is 5.91 Å². The van der Waals surface area contributed by atoms with Crippen molar-refractivity contribution in [1.82, 2.24) is 5.43 Å². The summed E-state index contributed by atoms with van der Waals surface area (Å²) in [6.45, 7) is 2.20. The molecule has 1 aromatic carbocycles. The van der Waals surface area contributed by atoms with Gasteiger partial charge in [-0.15, -0.1) is 0 Å². The molecule has 0 saturated heterocycles. The minimum Gasteiger partial charge on any atom is -0.273 e. The van der Waals surface area contributed by atoms with Gasteiger partial charge >= 0.3 is 0 Å². The molecule has 3 unspecified atom stereocenters. The Kier molecular flexibility index (Phi) is 3.68. The molecule has 0 heterocycles. The highest BCUT2D eigenvalue weighted by molar-refractivity contribution is 5.86. The molecule has 1 aromatic rings. The lowest BCUT2D eigenvalue weighted by Crippen LogP contribution is -2.22. The third-order valence-electron chi connectivity index (χ3n) is 5.11. The Balaban J connectivity index is 1.56. The van der Waals surface area contributed by atoms with Gasteiger partial charge in [-0.2, -0.15) is 5.10 Å². The van der Waals surface area contributed by atoms with E-state index in [0.717, 1.165) is 12.8 Å². The van der Waals surface area contributed by atoms with Gasteiger partial charge in [0.15, 0.2) is 0 Å². The van der Waals surface area contributed by atoms with Gasteiger partial charge in [0, 0.05) is 18.1 Å². The lowest BCUT2D eigenvalue weighted by Gasteiger charge is -2.15. The Bertz CT molecular complexity index is 626. The summed E-state index contributed by atoms with van der Waals surface area (Å²) in [5.41, 5.74) is 3.53. The summed E-state index contributed by atoms with van der Waals surface area (Å²) >= 11 is 0. The number of hydrogen-bond donors (Lipinski definition) is 1. The minimum atomic E-state index is -0.446. The van der Waals surface area contributed by atoms with Crippen LogP contribution in [0.4, 0.5) is 5.69 Å². The second-order valence-electron chi connectivity index (χ2n) is 6.42. The van der Waals surface area contributed by atoms with E-state index in [2.05, 4.69) is 17.5 Å². The Labute approximate surface area is 128 Å². The summed E-state index contributed by atoms with van der Waals surface area (Å²) in [6.07, 6.45) is 6.21. The zero-order chi connectivity index (χ0) is 15.7. The molecule has 2 fully saturated rings. The summed E-state index contributed by atoms with van der Waals surface area (Å²) in [6, 6.07) is 6.04. The summed E-state index contributed by atoms with van der Waals surface area (Å²) in [5.74, 6) is 0.590. The third-order valence-corrected chi connectivity index (χ3v) is 5.11. The SMILES string of the molecule is CC12CCCCC1C2C(=O)NN=Cc1ccc([N+](=O)[O-])cc1. The van der Waals surface area contributed by atoms with Gasteiger partial charge in [0.25, 0.3) is 5.69 Å². The molecule has 22 heavy (non-hydrogen) atoms. The number of nitrogens with zero attached hydrogens (tertiary/aromatic N) is 2. The minimum absolute atomic E-state index is 0.00689. The fraction of sp³-hybridized carbons (Fsp3) is 0.500. The number of hydrogen-bond acceptors (Lipinski definition) is 4. The van der Waals surface area contributed by atoms with Crippen molar-refractivity contribution in [3.63, 3.8) is 0 Å². The first-order valence-electron chi connectivity index (χ1n) is 7.60. The van der Waals surface area contributed by atoms with Crippen molar-refractivity contribution in [2.24, 2.45) is 22.4 Å². The summed E-state index contributed by atoms with van der Waals surface area (Å²) in [5, 5.41) is 14.5. The molecule has 1 N–H and O–H groups in total. The summed E-state index contributed by atoms with van der Waals surface area (Å²) < 4.78 is 0. The quantitative estimate of drug-likeness (QED) is 0.527. The normalized spacial score (nSPS) is 29.9. The van der Waals surface area contributed by atoms with E-state index in [1.54, 1.807) is 12.1 Å². The summed E-state index contributed by atoms with van der Waals surface area (Å²) in [7, 11) is 0. The zero-order valence-electron chi connectivity index (χ0n) is 12.5. The van der Waals surface area contributed by atoms with Gasteiger partial charge in [-0.05, 0) is 41.9 Å². The highest BCUT2D eigenvalue weighted by Gasteiger charge is 2.64. The van der Waals surface area contributed by atoms with E-state index in [0.29, 0.717) is 11.5 Å². The largest absolute Gasteiger partial charge is 0.273 e. The molecular weight excluding hydrogens is 282 g/mol. The second kappa shape index (κ2) is 5.51. The molecular formula is C16H19N3O3. The number of rotatable bonds is 4. The Morgan fingerprint density at radius 2 is 2.14 bits per heavy atom. The first kappa shape index (κ1) is 14.7. The van der Waals surface area contributed by atoms with Crippen molar-refractivity contribution in [3.8, 4) is 0 Å². The second-order valence-corrected chi connectivity index (χ2v) is 6.42. The number of non-ortho nitro benzene ring substituents is 1. The van der Waals surface area contributed by atoms with Gasteiger partial charge in [0.05, 0.1) is 11.1 Å². The van der Waals surface area contributed by atoms with E-state index in [1.807, 2.05) is 0 Å². The van der Waals surface area contributed by atoms with Gasteiger partial charge in [-0.1, -0.05) is 19.8 Å². The smallest absolute Gasteiger partial charge is 0.269 e. The van der Waals surface area contributed by atoms with E-state index >= 15 is 0 Å². The van der Waals surface area contributed by atoms with Crippen LogP contribution >= 0.6 is 0 Å². The maximum Gasteiger partial charge on any atom is 0.269 e. The molecule has 0 spiro atoms. The number of hydrazone groups is 1. The number of benzene rings is 1. The van der Waals surface area contributed by atoms with E-state index in [4.69, 9.17) is 0 Å². The van der Waals surface area contributed by atoms with Crippen LogP contribution in [0.1, 0.15) is 38.2 Å². The molecule has 6 nitrogen and oxygen atoms in total. The van der Waals surface area contributed by atoms with Crippen LogP contribution in [0.15, 0.2) is 29.4 Å². The Morgan fingerprint density at radius 1 is 1.41 bits per heavy atom. The van der Waals surface area contributed by atoms with Crippen LogP contribution < -0.4 is 5.43 Å². The standard InChI is InChI=1S/C16H19N3O3/c1-16-9-3-2-4-13(16)14(16)15(20)18-17-10-11-5-7-12(8-6-11)19(21)22/h5-8,10,13-14H,2-4,9H2,1H3,(H,18,20). The third kappa shape index (κ3) is 2.61. The van der Waals surface area contributed by atoms with Gasteiger partial charge in [-0.25, -0.2) is 5.43 Å². The lowest BCUT2D eigenvalue weighted by molar-refractivity contribution is -0.384. The highest BCUT2D eigenvalue weighted by Crippen LogP contribution is 2.66. The van der Waals surface area contributed by atoms with E-state index in [9.17, 15) is 14.9 Å². The molecule has 6 heteroatoms. The molecule has 2 aliphatic carbocycles. The monoisotopic (exact) mass is 301 g/mol. The van der Waals surface area contributed by atoms with Crippen molar-refractivity contribution in [3.05, 3.63) is 39.9 Å². The Hall–Kier alpha value is -2.24. The number of carbonyl (C=O) groups is 1. The van der Waals surface area contributed by atoms with Gasteiger partial charge < -0.3 is 0 Å². The fourth-order valence-corrected chi connectivity index (χ4v) is 3.77. The first-order valence-corrected chi connectivity index (χ1v) is 7.60. The van der Waals surface area contributed by atoms with Crippen molar-refractivity contribution < 1.29 is 9.72 Å². The molecule has 0 radical (unpaired) electrons. The van der Waals surface area contributed by atoms with Crippen LogP contribution in [0.5, 0.6) is 0 Å². The maximum absolute atomic E-state index is 12.2. The van der Waals surface area contributed by atoms with E-state index in [1.165, 1.54) is 31.2 Å². The number of amides is 1. The van der Waals surface area contributed by atoms with Crippen LogP contribution in [-0.4, -0.2) is 17.0 Å². The first-order chi connectivity index (χ1) is 10.5.